The van der Waals surface area contributed by atoms with E-state index in [4.69, 9.17) is 37.9 Å². The predicted octanol–water partition coefficient (Wildman–Crippen LogP) is 2.44. The van der Waals surface area contributed by atoms with Gasteiger partial charge in [-0.1, -0.05) is 6.07 Å². The maximum atomic E-state index is 13.1. The van der Waals surface area contributed by atoms with E-state index >= 15 is 0 Å². The third-order valence-corrected chi connectivity index (χ3v) is 6.65. The van der Waals surface area contributed by atoms with Gasteiger partial charge in [0.1, 0.15) is 24.2 Å². The van der Waals surface area contributed by atoms with Crippen molar-refractivity contribution in [1.82, 2.24) is 0 Å². The molecule has 0 aliphatic carbocycles. The number of benzene rings is 2. The molecule has 0 saturated carbocycles. The van der Waals surface area contributed by atoms with Gasteiger partial charge in [-0.25, -0.2) is 0 Å². The minimum Gasteiger partial charge on any atom is -0.507 e. The molecular formula is C31H34O14. The highest BCUT2D eigenvalue weighted by Crippen LogP contribution is 2.34. The van der Waals surface area contributed by atoms with Crippen LogP contribution in [0.2, 0.25) is 0 Å². The van der Waals surface area contributed by atoms with Crippen molar-refractivity contribution in [2.45, 2.75) is 71.2 Å². The minimum absolute atomic E-state index is 0.0102. The van der Waals surface area contributed by atoms with E-state index in [9.17, 15) is 29.1 Å². The molecule has 0 amide bonds. The predicted molar refractivity (Wildman–Crippen MR) is 151 cm³/mol. The molecule has 0 spiro atoms. The first-order valence-electron chi connectivity index (χ1n) is 14.1. The van der Waals surface area contributed by atoms with Crippen LogP contribution in [-0.2, 0) is 49.3 Å². The van der Waals surface area contributed by atoms with E-state index in [-0.39, 0.29) is 23.5 Å². The first-order chi connectivity index (χ1) is 21.4. The maximum Gasteiger partial charge on any atom is 0.303 e. The molecule has 45 heavy (non-hydrogen) atoms. The van der Waals surface area contributed by atoms with Crippen molar-refractivity contribution in [3.63, 3.8) is 0 Å². The highest BCUT2D eigenvalue weighted by atomic mass is 16.7. The van der Waals surface area contributed by atoms with E-state index in [0.29, 0.717) is 30.3 Å². The Balaban J connectivity index is 1.57. The van der Waals surface area contributed by atoms with Gasteiger partial charge in [-0.3, -0.25) is 24.0 Å². The summed E-state index contributed by atoms with van der Waals surface area (Å²) in [5, 5.41) is 10.8. The maximum absolute atomic E-state index is 13.1. The largest absolute Gasteiger partial charge is 0.507 e. The second kappa shape index (κ2) is 14.8. The molecule has 242 valence electrons. The number of rotatable bonds is 10. The Hall–Kier alpha value is -4.85. The normalized spacial score (nSPS) is 22.3. The first kappa shape index (κ1) is 33.1. The molecule has 2 aromatic carbocycles. The number of hydrogen-bond donors (Lipinski definition) is 1. The molecule has 14 nitrogen and oxygen atoms in total. The highest BCUT2D eigenvalue weighted by Gasteiger charge is 2.53. The van der Waals surface area contributed by atoms with E-state index in [0.717, 1.165) is 40.2 Å². The first-order valence-corrected chi connectivity index (χ1v) is 14.1. The molecular weight excluding hydrogens is 596 g/mol. The summed E-state index contributed by atoms with van der Waals surface area (Å²) in [7, 11) is 0. The summed E-state index contributed by atoms with van der Waals surface area (Å²) in [5.41, 5.74) is 0.664. The zero-order valence-electron chi connectivity index (χ0n) is 25.1. The van der Waals surface area contributed by atoms with Crippen LogP contribution in [0.25, 0.3) is 0 Å². The molecule has 2 aromatic rings. The Kier molecular flexibility index (Phi) is 10.8. The van der Waals surface area contributed by atoms with Crippen molar-refractivity contribution in [3.05, 3.63) is 47.5 Å². The average Bonchev–Trinajstić information content (AvgIpc) is 3.19. The zero-order chi connectivity index (χ0) is 32.7. The van der Waals surface area contributed by atoms with Gasteiger partial charge in [-0.15, -0.1) is 0 Å². The molecule has 1 N–H and O–H groups in total. The number of ketones is 1. The average molecular weight is 631 g/mol. The van der Waals surface area contributed by atoms with Crippen LogP contribution in [0, 0.1) is 0 Å². The van der Waals surface area contributed by atoms with Crippen LogP contribution in [0.4, 0.5) is 0 Å². The summed E-state index contributed by atoms with van der Waals surface area (Å²) >= 11 is 0. The van der Waals surface area contributed by atoms with Gasteiger partial charge in [0.25, 0.3) is 0 Å². The summed E-state index contributed by atoms with van der Waals surface area (Å²) in [4.78, 5) is 60.6. The lowest BCUT2D eigenvalue weighted by atomic mass is 9.98. The molecule has 1 fully saturated rings. The quantitative estimate of drug-likeness (QED) is 0.230. The molecule has 1 saturated heterocycles. The van der Waals surface area contributed by atoms with Crippen molar-refractivity contribution in [2.24, 2.45) is 0 Å². The third-order valence-electron chi connectivity index (χ3n) is 6.65. The van der Waals surface area contributed by atoms with Crippen LogP contribution in [0.15, 0.2) is 36.4 Å². The van der Waals surface area contributed by atoms with Crippen LogP contribution >= 0.6 is 0 Å². The molecule has 2 aliphatic rings. The summed E-state index contributed by atoms with van der Waals surface area (Å²) < 4.78 is 44.3. The summed E-state index contributed by atoms with van der Waals surface area (Å²) in [6.07, 6.45) is -6.27. The smallest absolute Gasteiger partial charge is 0.303 e. The van der Waals surface area contributed by atoms with Crippen LogP contribution in [0.5, 0.6) is 23.0 Å². The molecule has 0 aromatic heterocycles. The molecule has 0 bridgehead atoms. The van der Waals surface area contributed by atoms with E-state index < -0.39 is 66.9 Å². The number of Topliss-reactive ketones (excluding diaryl/α,β-unsaturated/α-hetero) is 1. The SMILES string of the molecule is CC(=O)OC[C@H]1O[C@H](Oc2ccc(C(=O)Cc3ccc4c(c3)OCCCO4)c(O)c2)[C@@H](OC(C)=O)[C@@H](OC(C)=O)[C@@H]1OC(C)=O. The van der Waals surface area contributed by atoms with Gasteiger partial charge < -0.3 is 43.0 Å². The monoisotopic (exact) mass is 630 g/mol. The van der Waals surface area contributed by atoms with Gasteiger partial charge >= 0.3 is 23.9 Å². The van der Waals surface area contributed by atoms with Crippen LogP contribution in [0.3, 0.4) is 0 Å². The van der Waals surface area contributed by atoms with Gasteiger partial charge in [0, 0.05) is 46.6 Å². The number of phenols is 1. The fourth-order valence-electron chi connectivity index (χ4n) is 4.84. The molecule has 5 atom stereocenters. The Bertz CT molecular complexity index is 1440. The number of fused-ring (bicyclic) bond motifs is 1. The van der Waals surface area contributed by atoms with Crippen molar-refractivity contribution in [2.75, 3.05) is 19.8 Å². The standard InChI is InChI=1S/C31H34O14/c1-16(32)40-15-27-28(41-17(2)33)29(42-18(3)34)30(43-19(4)35)31(45-27)44-21-7-8-22(24(37)14-21)23(36)12-20-6-9-25-26(13-20)39-11-5-10-38-25/h6-9,13-14,27-31,37H,5,10-12,15H2,1-4H3/t27-,28-,29+,30+,31+/m1/s1. The van der Waals surface area contributed by atoms with Crippen molar-refractivity contribution in [3.8, 4) is 23.0 Å². The third kappa shape index (κ3) is 8.85. The fourth-order valence-corrected chi connectivity index (χ4v) is 4.84. The molecule has 0 unspecified atom stereocenters. The molecule has 14 heteroatoms. The number of hydrogen-bond acceptors (Lipinski definition) is 14. The van der Waals surface area contributed by atoms with Crippen LogP contribution in [-0.4, -0.2) is 85.3 Å². The number of phenolic OH excluding ortho intramolecular Hbond substituents is 1. The topological polar surface area (TPSA) is 179 Å². The second-order valence-corrected chi connectivity index (χ2v) is 10.3. The Morgan fingerprint density at radius 3 is 2.07 bits per heavy atom. The summed E-state index contributed by atoms with van der Waals surface area (Å²) in [5.74, 6) is -2.71. The summed E-state index contributed by atoms with van der Waals surface area (Å²) in [6, 6.07) is 9.08. The van der Waals surface area contributed by atoms with Crippen LogP contribution < -0.4 is 14.2 Å². The molecule has 2 heterocycles. The zero-order valence-corrected chi connectivity index (χ0v) is 25.1. The van der Waals surface area contributed by atoms with E-state index in [1.807, 2.05) is 0 Å². The van der Waals surface area contributed by atoms with Gasteiger partial charge in [-0.05, 0) is 29.8 Å². The van der Waals surface area contributed by atoms with Crippen molar-refractivity contribution >= 4 is 29.7 Å². The number of aromatic hydroxyl groups is 1. The van der Waals surface area contributed by atoms with Crippen molar-refractivity contribution in [1.29, 1.82) is 0 Å². The lowest BCUT2D eigenvalue weighted by molar-refractivity contribution is -0.288. The number of carbonyl (C=O) groups excluding carboxylic acids is 5. The second-order valence-electron chi connectivity index (χ2n) is 10.3. The molecule has 4 rings (SSSR count). The summed E-state index contributed by atoms with van der Waals surface area (Å²) in [6.45, 7) is 5.06. The van der Waals surface area contributed by atoms with Crippen molar-refractivity contribution < 1.29 is 67.0 Å². The minimum atomic E-state index is -1.51. The van der Waals surface area contributed by atoms with E-state index in [2.05, 4.69) is 0 Å². The molecule has 0 radical (unpaired) electrons. The fraction of sp³-hybridized carbons (Fsp3) is 0.452. The lowest BCUT2D eigenvalue weighted by Gasteiger charge is -2.43. The molecule has 2 aliphatic heterocycles. The van der Waals surface area contributed by atoms with Gasteiger partial charge in [-0.2, -0.15) is 0 Å². The van der Waals surface area contributed by atoms with Gasteiger partial charge in [0.05, 0.1) is 18.8 Å². The van der Waals surface area contributed by atoms with E-state index in [1.165, 1.54) is 12.1 Å². The Morgan fingerprint density at radius 2 is 1.42 bits per heavy atom. The van der Waals surface area contributed by atoms with E-state index in [1.54, 1.807) is 18.2 Å². The number of esters is 4. The number of carbonyl (C=O) groups is 5. The van der Waals surface area contributed by atoms with Crippen LogP contribution in [0.1, 0.15) is 50.0 Å². The highest BCUT2D eigenvalue weighted by molar-refractivity contribution is 6.00. The number of ether oxygens (including phenoxy) is 8. The Morgan fingerprint density at radius 1 is 0.778 bits per heavy atom. The lowest BCUT2D eigenvalue weighted by Crippen LogP contribution is -2.63. The Labute approximate surface area is 258 Å². The van der Waals surface area contributed by atoms with Gasteiger partial charge in [0.15, 0.2) is 29.5 Å². The van der Waals surface area contributed by atoms with Gasteiger partial charge in [0.2, 0.25) is 12.4 Å².